The molecule has 1 aliphatic heterocycles. The van der Waals surface area contributed by atoms with Gasteiger partial charge in [0, 0.05) is 24.0 Å². The van der Waals surface area contributed by atoms with Crippen LogP contribution in [0.2, 0.25) is 0 Å². The van der Waals surface area contributed by atoms with Crippen LogP contribution < -0.4 is 10.9 Å². The number of amides is 1. The summed E-state index contributed by atoms with van der Waals surface area (Å²) in [5.74, 6) is 0.967. The second kappa shape index (κ2) is 7.40. The molecule has 28 heavy (non-hydrogen) atoms. The van der Waals surface area contributed by atoms with E-state index in [1.54, 1.807) is 38.4 Å². The summed E-state index contributed by atoms with van der Waals surface area (Å²) in [7, 11) is 0. The minimum absolute atomic E-state index is 0.252. The maximum Gasteiger partial charge on any atom is 0.267 e. The highest BCUT2D eigenvalue weighted by Crippen LogP contribution is 2.21. The van der Waals surface area contributed by atoms with E-state index in [-0.39, 0.29) is 24.1 Å². The van der Waals surface area contributed by atoms with E-state index in [9.17, 15) is 9.59 Å². The third kappa shape index (κ3) is 3.46. The summed E-state index contributed by atoms with van der Waals surface area (Å²) in [4.78, 5) is 29.2. The van der Waals surface area contributed by atoms with Gasteiger partial charge in [-0.1, -0.05) is 0 Å². The standard InChI is InChI=1S/C20H20N4O4/c1-12-8-15(13(2)28-12)20(26)22-17-10-27-11-18(17)24-19(25)6-5-16(23-24)14-4-3-7-21-9-14/h3-9,17-18H,10-11H2,1-2H3,(H,22,26). The van der Waals surface area contributed by atoms with Crippen LogP contribution in [0.3, 0.4) is 0 Å². The second-order valence-corrected chi connectivity index (χ2v) is 6.75. The lowest BCUT2D eigenvalue weighted by atomic mass is 10.1. The van der Waals surface area contributed by atoms with Gasteiger partial charge in [0.05, 0.1) is 30.5 Å². The Balaban J connectivity index is 1.61. The molecule has 1 saturated heterocycles. The van der Waals surface area contributed by atoms with Crippen molar-refractivity contribution in [1.29, 1.82) is 0 Å². The summed E-state index contributed by atoms with van der Waals surface area (Å²) in [6.45, 7) is 4.13. The van der Waals surface area contributed by atoms with Crippen molar-refractivity contribution in [2.45, 2.75) is 25.9 Å². The number of hydrogen-bond acceptors (Lipinski definition) is 6. The monoisotopic (exact) mass is 380 g/mol. The number of furan rings is 1. The maximum absolute atomic E-state index is 12.6. The van der Waals surface area contributed by atoms with Gasteiger partial charge in [-0.25, -0.2) is 4.68 Å². The minimum atomic E-state index is -0.402. The van der Waals surface area contributed by atoms with Crippen molar-refractivity contribution >= 4 is 5.91 Å². The molecule has 3 aromatic rings. The van der Waals surface area contributed by atoms with Crippen LogP contribution in [0.15, 0.2) is 51.9 Å². The van der Waals surface area contributed by atoms with Gasteiger partial charge in [-0.3, -0.25) is 14.6 Å². The first-order chi connectivity index (χ1) is 13.5. The fourth-order valence-corrected chi connectivity index (χ4v) is 3.36. The van der Waals surface area contributed by atoms with Gasteiger partial charge in [-0.15, -0.1) is 0 Å². The van der Waals surface area contributed by atoms with E-state index in [2.05, 4.69) is 15.4 Å². The molecule has 0 spiro atoms. The van der Waals surface area contributed by atoms with Gasteiger partial charge in [0.2, 0.25) is 0 Å². The van der Waals surface area contributed by atoms with Crippen LogP contribution in [-0.2, 0) is 4.74 Å². The number of nitrogens with zero attached hydrogens (tertiary/aromatic N) is 3. The number of hydrogen-bond donors (Lipinski definition) is 1. The molecule has 2 unspecified atom stereocenters. The highest BCUT2D eigenvalue weighted by Gasteiger charge is 2.33. The number of rotatable bonds is 4. The second-order valence-electron chi connectivity index (χ2n) is 6.75. The molecule has 2 atom stereocenters. The molecule has 1 N–H and O–H groups in total. The Bertz CT molecular complexity index is 1060. The third-order valence-corrected chi connectivity index (χ3v) is 4.75. The fraction of sp³-hybridized carbons (Fsp3) is 0.300. The molecule has 0 aromatic carbocycles. The van der Waals surface area contributed by atoms with Crippen LogP contribution in [0, 0.1) is 13.8 Å². The van der Waals surface area contributed by atoms with Gasteiger partial charge in [0.1, 0.15) is 17.6 Å². The zero-order chi connectivity index (χ0) is 19.7. The average molecular weight is 380 g/mol. The molecule has 3 aromatic heterocycles. The Morgan fingerprint density at radius 3 is 2.82 bits per heavy atom. The number of aromatic nitrogens is 3. The van der Waals surface area contributed by atoms with Crippen LogP contribution in [0.25, 0.3) is 11.3 Å². The maximum atomic E-state index is 12.6. The normalized spacial score (nSPS) is 18.9. The zero-order valence-electron chi connectivity index (χ0n) is 15.6. The van der Waals surface area contributed by atoms with Crippen LogP contribution in [0.5, 0.6) is 0 Å². The zero-order valence-corrected chi connectivity index (χ0v) is 15.6. The van der Waals surface area contributed by atoms with E-state index in [1.165, 1.54) is 10.7 Å². The summed E-state index contributed by atoms with van der Waals surface area (Å²) in [5, 5.41) is 7.44. The van der Waals surface area contributed by atoms with Gasteiger partial charge >= 0.3 is 0 Å². The number of aryl methyl sites for hydroxylation is 2. The van der Waals surface area contributed by atoms with Crippen LogP contribution in [0.1, 0.15) is 27.9 Å². The van der Waals surface area contributed by atoms with Crippen molar-refractivity contribution in [2.24, 2.45) is 0 Å². The Labute approximate surface area is 161 Å². The quantitative estimate of drug-likeness (QED) is 0.742. The van der Waals surface area contributed by atoms with E-state index in [0.29, 0.717) is 29.4 Å². The summed E-state index contributed by atoms with van der Waals surface area (Å²) >= 11 is 0. The molecular formula is C20H20N4O4. The molecule has 8 heteroatoms. The van der Waals surface area contributed by atoms with E-state index < -0.39 is 6.04 Å². The predicted octanol–water partition coefficient (Wildman–Crippen LogP) is 1.89. The Morgan fingerprint density at radius 1 is 1.25 bits per heavy atom. The molecule has 4 heterocycles. The van der Waals surface area contributed by atoms with Crippen molar-refractivity contribution in [3.63, 3.8) is 0 Å². The molecule has 0 radical (unpaired) electrons. The molecule has 144 valence electrons. The van der Waals surface area contributed by atoms with Gasteiger partial charge in [0.15, 0.2) is 0 Å². The minimum Gasteiger partial charge on any atom is -0.466 e. The van der Waals surface area contributed by atoms with Gasteiger partial charge in [-0.2, -0.15) is 5.10 Å². The highest BCUT2D eigenvalue weighted by atomic mass is 16.5. The summed E-state index contributed by atoms with van der Waals surface area (Å²) in [6, 6.07) is 7.73. The van der Waals surface area contributed by atoms with E-state index in [1.807, 2.05) is 12.1 Å². The van der Waals surface area contributed by atoms with Crippen LogP contribution in [-0.4, -0.2) is 39.9 Å². The molecule has 1 aliphatic rings. The molecule has 0 aliphatic carbocycles. The molecule has 0 saturated carbocycles. The van der Waals surface area contributed by atoms with Crippen LogP contribution >= 0.6 is 0 Å². The molecular weight excluding hydrogens is 360 g/mol. The van der Waals surface area contributed by atoms with Gasteiger partial charge in [0.25, 0.3) is 11.5 Å². The van der Waals surface area contributed by atoms with E-state index in [0.717, 1.165) is 5.56 Å². The number of nitrogens with one attached hydrogen (secondary N) is 1. The average Bonchev–Trinajstić information content (AvgIpc) is 3.28. The topological polar surface area (TPSA) is 99.2 Å². The first kappa shape index (κ1) is 18.1. The van der Waals surface area contributed by atoms with Crippen molar-refractivity contribution in [3.8, 4) is 11.3 Å². The lowest BCUT2D eigenvalue weighted by Crippen LogP contribution is -2.44. The lowest BCUT2D eigenvalue weighted by molar-refractivity contribution is 0.0923. The van der Waals surface area contributed by atoms with Crippen molar-refractivity contribution < 1.29 is 13.9 Å². The van der Waals surface area contributed by atoms with Gasteiger partial charge < -0.3 is 14.5 Å². The number of carbonyl (C=O) groups is 1. The SMILES string of the molecule is Cc1cc(C(=O)NC2COCC2n2nc(-c3cccnc3)ccc2=O)c(C)o1. The summed E-state index contributed by atoms with van der Waals surface area (Å²) in [5.41, 5.74) is 1.66. The van der Waals surface area contributed by atoms with E-state index >= 15 is 0 Å². The molecule has 0 bridgehead atoms. The Morgan fingerprint density at radius 2 is 2.11 bits per heavy atom. The molecule has 4 rings (SSSR count). The first-order valence-corrected chi connectivity index (χ1v) is 8.99. The van der Waals surface area contributed by atoms with Crippen LogP contribution in [0.4, 0.5) is 0 Å². The van der Waals surface area contributed by atoms with Crippen molar-refractivity contribution in [2.75, 3.05) is 13.2 Å². The molecule has 8 nitrogen and oxygen atoms in total. The highest BCUT2D eigenvalue weighted by molar-refractivity contribution is 5.95. The number of pyridine rings is 1. The summed E-state index contributed by atoms with van der Waals surface area (Å²) in [6.07, 6.45) is 3.36. The Kier molecular flexibility index (Phi) is 4.79. The summed E-state index contributed by atoms with van der Waals surface area (Å²) < 4.78 is 12.4. The lowest BCUT2D eigenvalue weighted by Gasteiger charge is -2.20. The smallest absolute Gasteiger partial charge is 0.267 e. The largest absolute Gasteiger partial charge is 0.466 e. The van der Waals surface area contributed by atoms with Crippen molar-refractivity contribution in [3.05, 3.63) is 70.2 Å². The first-order valence-electron chi connectivity index (χ1n) is 8.99. The van der Waals surface area contributed by atoms with E-state index in [4.69, 9.17) is 9.15 Å². The Hall–Kier alpha value is -3.26. The fourth-order valence-electron chi connectivity index (χ4n) is 3.36. The van der Waals surface area contributed by atoms with Crippen molar-refractivity contribution in [1.82, 2.24) is 20.1 Å². The number of ether oxygens (including phenoxy) is 1. The van der Waals surface area contributed by atoms with Gasteiger partial charge in [-0.05, 0) is 38.1 Å². The third-order valence-electron chi connectivity index (χ3n) is 4.75. The molecule has 1 amide bonds. The molecule has 1 fully saturated rings. The number of carbonyl (C=O) groups excluding carboxylic acids is 1. The predicted molar refractivity (Wildman–Crippen MR) is 101 cm³/mol.